The van der Waals surface area contributed by atoms with Gasteiger partial charge in [0.15, 0.2) is 0 Å². The predicted octanol–water partition coefficient (Wildman–Crippen LogP) is 1.49. The summed E-state index contributed by atoms with van der Waals surface area (Å²) in [6.07, 6.45) is 8.72. The van der Waals surface area contributed by atoms with Gasteiger partial charge in [-0.05, 0) is 43.9 Å². The second-order valence-electron chi connectivity index (χ2n) is 7.14. The van der Waals surface area contributed by atoms with Gasteiger partial charge >= 0.3 is 0 Å². The Hall–Kier alpha value is -0.170. The molecule has 3 aliphatic rings. The highest BCUT2D eigenvalue weighted by Gasteiger charge is 2.49. The van der Waals surface area contributed by atoms with Crippen LogP contribution < -0.4 is 4.72 Å². The van der Waals surface area contributed by atoms with E-state index in [9.17, 15) is 13.5 Å². The average Bonchev–Trinajstić information content (AvgIpc) is 3.08. The van der Waals surface area contributed by atoms with Gasteiger partial charge in [0.05, 0.1) is 0 Å². The topological polar surface area (TPSA) is 69.6 Å². The van der Waals surface area contributed by atoms with E-state index in [1.165, 1.54) is 6.42 Å². The van der Waals surface area contributed by atoms with Crippen molar-refractivity contribution in [2.45, 2.75) is 63.5 Å². The van der Waals surface area contributed by atoms with E-state index in [-0.39, 0.29) is 24.6 Å². The molecule has 3 fully saturated rings. The van der Waals surface area contributed by atoms with Gasteiger partial charge in [0.1, 0.15) is 0 Å². The fourth-order valence-electron chi connectivity index (χ4n) is 4.75. The first-order chi connectivity index (χ1) is 10.0. The lowest BCUT2D eigenvalue weighted by Crippen LogP contribution is -2.52. The summed E-state index contributed by atoms with van der Waals surface area (Å²) in [5.74, 6) is 1.03. The third-order valence-corrected chi connectivity index (χ3v) is 7.68. The highest BCUT2D eigenvalue weighted by Crippen LogP contribution is 2.48. The lowest BCUT2D eigenvalue weighted by Gasteiger charge is -2.35. The van der Waals surface area contributed by atoms with E-state index in [4.69, 9.17) is 0 Å². The molecule has 0 saturated heterocycles. The molecule has 122 valence electrons. The van der Waals surface area contributed by atoms with Crippen molar-refractivity contribution >= 4 is 10.2 Å². The molecular formula is C15H28N2O3S. The lowest BCUT2D eigenvalue weighted by atomic mass is 9.86. The number of nitrogens with one attached hydrogen (secondary N) is 1. The van der Waals surface area contributed by atoms with Gasteiger partial charge in [-0.2, -0.15) is 17.4 Å². The van der Waals surface area contributed by atoms with Crippen LogP contribution in [0.3, 0.4) is 0 Å². The van der Waals surface area contributed by atoms with Crippen LogP contribution in [0.15, 0.2) is 0 Å². The van der Waals surface area contributed by atoms with Crippen LogP contribution in [0.2, 0.25) is 0 Å². The SMILES string of the molecule is CN(C1CCCCC1)S(=O)(=O)NC1C2CCC(C2)C1CO. The highest BCUT2D eigenvalue weighted by molar-refractivity contribution is 7.87. The largest absolute Gasteiger partial charge is 0.396 e. The van der Waals surface area contributed by atoms with Crippen molar-refractivity contribution < 1.29 is 13.5 Å². The molecule has 0 heterocycles. The first kappa shape index (κ1) is 15.7. The summed E-state index contributed by atoms with van der Waals surface area (Å²) in [5.41, 5.74) is 0. The van der Waals surface area contributed by atoms with Gasteiger partial charge < -0.3 is 5.11 Å². The Morgan fingerprint density at radius 3 is 2.43 bits per heavy atom. The number of hydrogen-bond acceptors (Lipinski definition) is 3. The Morgan fingerprint density at radius 2 is 1.76 bits per heavy atom. The summed E-state index contributed by atoms with van der Waals surface area (Å²) in [7, 11) is -1.73. The molecule has 0 aliphatic heterocycles. The maximum Gasteiger partial charge on any atom is 0.279 e. The van der Waals surface area contributed by atoms with Gasteiger partial charge in [-0.3, -0.25) is 0 Å². The minimum Gasteiger partial charge on any atom is -0.396 e. The Morgan fingerprint density at radius 1 is 1.10 bits per heavy atom. The van der Waals surface area contributed by atoms with Gasteiger partial charge in [-0.25, -0.2) is 0 Å². The smallest absolute Gasteiger partial charge is 0.279 e. The zero-order valence-electron chi connectivity index (χ0n) is 12.9. The molecular weight excluding hydrogens is 288 g/mol. The van der Waals surface area contributed by atoms with Gasteiger partial charge in [0.25, 0.3) is 10.2 Å². The summed E-state index contributed by atoms with van der Waals surface area (Å²) in [4.78, 5) is 0. The molecule has 0 spiro atoms. The molecule has 0 aromatic heterocycles. The van der Waals surface area contributed by atoms with Gasteiger partial charge in [0.2, 0.25) is 0 Å². The minimum absolute atomic E-state index is 0.0650. The number of aliphatic hydroxyl groups excluding tert-OH is 1. The molecule has 6 heteroatoms. The van der Waals surface area contributed by atoms with Crippen molar-refractivity contribution in [3.8, 4) is 0 Å². The molecule has 0 aromatic carbocycles. The van der Waals surface area contributed by atoms with Gasteiger partial charge in [-0.15, -0.1) is 0 Å². The van der Waals surface area contributed by atoms with Crippen LogP contribution >= 0.6 is 0 Å². The van der Waals surface area contributed by atoms with Crippen LogP contribution in [0.1, 0.15) is 51.4 Å². The van der Waals surface area contributed by atoms with Gasteiger partial charge in [0, 0.05) is 31.7 Å². The first-order valence-electron chi connectivity index (χ1n) is 8.39. The summed E-state index contributed by atoms with van der Waals surface area (Å²) in [6, 6.07) is 0.0761. The molecule has 5 nitrogen and oxygen atoms in total. The molecule has 2 bridgehead atoms. The van der Waals surface area contributed by atoms with Crippen LogP contribution in [0, 0.1) is 17.8 Å². The fraction of sp³-hybridized carbons (Fsp3) is 1.00. The molecule has 0 radical (unpaired) electrons. The van der Waals surface area contributed by atoms with Crippen LogP contribution in [-0.4, -0.2) is 43.6 Å². The molecule has 3 aliphatic carbocycles. The van der Waals surface area contributed by atoms with Gasteiger partial charge in [-0.1, -0.05) is 19.3 Å². The van der Waals surface area contributed by atoms with E-state index in [0.717, 1.165) is 44.9 Å². The van der Waals surface area contributed by atoms with E-state index in [1.807, 2.05) is 0 Å². The molecule has 3 rings (SSSR count). The molecule has 3 saturated carbocycles. The number of aliphatic hydroxyl groups is 1. The van der Waals surface area contributed by atoms with E-state index in [1.54, 1.807) is 11.4 Å². The quantitative estimate of drug-likeness (QED) is 0.807. The summed E-state index contributed by atoms with van der Waals surface area (Å²) in [6.45, 7) is 0.0987. The van der Waals surface area contributed by atoms with Crippen molar-refractivity contribution in [1.82, 2.24) is 9.03 Å². The van der Waals surface area contributed by atoms with Crippen molar-refractivity contribution in [1.29, 1.82) is 0 Å². The summed E-state index contributed by atoms with van der Waals surface area (Å²) >= 11 is 0. The van der Waals surface area contributed by atoms with E-state index in [0.29, 0.717) is 11.8 Å². The summed E-state index contributed by atoms with van der Waals surface area (Å²) in [5, 5.41) is 9.59. The van der Waals surface area contributed by atoms with Crippen molar-refractivity contribution in [3.63, 3.8) is 0 Å². The Labute approximate surface area is 128 Å². The number of rotatable bonds is 5. The maximum atomic E-state index is 12.7. The van der Waals surface area contributed by atoms with Crippen molar-refractivity contribution in [2.24, 2.45) is 17.8 Å². The average molecular weight is 316 g/mol. The van der Waals surface area contributed by atoms with Crippen LogP contribution in [-0.2, 0) is 10.2 Å². The van der Waals surface area contributed by atoms with Crippen LogP contribution in [0.5, 0.6) is 0 Å². The summed E-state index contributed by atoms with van der Waals surface area (Å²) < 4.78 is 29.8. The van der Waals surface area contributed by atoms with Crippen molar-refractivity contribution in [3.05, 3.63) is 0 Å². The zero-order valence-corrected chi connectivity index (χ0v) is 13.7. The monoisotopic (exact) mass is 316 g/mol. The molecule has 0 amide bonds. The van der Waals surface area contributed by atoms with E-state index in [2.05, 4.69) is 4.72 Å². The standard InChI is InChI=1S/C15H28N2O3S/c1-17(13-5-3-2-4-6-13)21(19,20)16-15-12-8-7-11(9-12)14(15)10-18/h11-16,18H,2-10H2,1H3. The van der Waals surface area contributed by atoms with Crippen LogP contribution in [0.4, 0.5) is 0 Å². The normalized spacial score (nSPS) is 37.5. The Kier molecular flexibility index (Phi) is 4.60. The molecule has 21 heavy (non-hydrogen) atoms. The van der Waals surface area contributed by atoms with E-state index < -0.39 is 10.2 Å². The lowest BCUT2D eigenvalue weighted by molar-refractivity contribution is 0.151. The molecule has 4 unspecified atom stereocenters. The number of fused-ring (bicyclic) bond motifs is 2. The second kappa shape index (κ2) is 6.14. The number of nitrogens with zero attached hydrogens (tertiary/aromatic N) is 1. The number of hydrogen-bond donors (Lipinski definition) is 2. The van der Waals surface area contributed by atoms with E-state index >= 15 is 0 Å². The zero-order chi connectivity index (χ0) is 15.0. The predicted molar refractivity (Wildman–Crippen MR) is 81.9 cm³/mol. The Balaban J connectivity index is 1.67. The molecule has 2 N–H and O–H groups in total. The molecule has 0 aromatic rings. The van der Waals surface area contributed by atoms with Crippen LogP contribution in [0.25, 0.3) is 0 Å². The van der Waals surface area contributed by atoms with Crippen molar-refractivity contribution in [2.75, 3.05) is 13.7 Å². The second-order valence-corrected chi connectivity index (χ2v) is 8.90. The maximum absolute atomic E-state index is 12.7. The fourth-order valence-corrected chi connectivity index (χ4v) is 6.23. The third-order valence-electron chi connectivity index (χ3n) is 6.05. The highest BCUT2D eigenvalue weighted by atomic mass is 32.2. The Bertz CT molecular complexity index is 462. The molecule has 4 atom stereocenters. The first-order valence-corrected chi connectivity index (χ1v) is 9.83. The third kappa shape index (κ3) is 3.00. The minimum atomic E-state index is -3.44.